The molecule has 0 saturated heterocycles. The van der Waals surface area contributed by atoms with Crippen LogP contribution in [0.4, 0.5) is 5.69 Å². The molecule has 1 heterocycles. The van der Waals surface area contributed by atoms with Crippen LogP contribution in [0, 0.1) is 16.2 Å². The summed E-state index contributed by atoms with van der Waals surface area (Å²) in [7, 11) is 0. The van der Waals surface area contributed by atoms with Crippen molar-refractivity contribution in [2.45, 2.75) is 33.6 Å². The van der Waals surface area contributed by atoms with Gasteiger partial charge in [0.05, 0.1) is 0 Å². The molecular weight excluding hydrogens is 310 g/mol. The Kier molecular flexibility index (Phi) is 2.77. The Morgan fingerprint density at radius 3 is 2.42 bits per heavy atom. The van der Waals surface area contributed by atoms with Crippen molar-refractivity contribution in [3.8, 4) is 11.5 Å². The van der Waals surface area contributed by atoms with E-state index in [0.29, 0.717) is 30.0 Å². The molecule has 24 heavy (non-hydrogen) atoms. The first-order valence-corrected chi connectivity index (χ1v) is 8.04. The third-order valence-electron chi connectivity index (χ3n) is 6.56. The second-order valence-electron chi connectivity index (χ2n) is 7.54. The van der Waals surface area contributed by atoms with Gasteiger partial charge in [0.15, 0.2) is 11.5 Å². The number of anilines is 1. The van der Waals surface area contributed by atoms with E-state index < -0.39 is 33.7 Å². The van der Waals surface area contributed by atoms with E-state index in [1.165, 1.54) is 0 Å². The van der Waals surface area contributed by atoms with Crippen LogP contribution in [0.25, 0.3) is 0 Å². The van der Waals surface area contributed by atoms with Gasteiger partial charge in [-0.1, -0.05) is 20.8 Å². The topological polar surface area (TPSA) is 81.7 Å². The normalized spacial score (nSPS) is 32.3. The van der Waals surface area contributed by atoms with Gasteiger partial charge in [-0.25, -0.2) is 0 Å². The highest BCUT2D eigenvalue weighted by molar-refractivity contribution is 6.49. The van der Waals surface area contributed by atoms with Gasteiger partial charge in [0.1, 0.15) is 5.41 Å². The molecule has 0 spiro atoms. The number of hydrogen-bond acceptors (Lipinski definition) is 5. The van der Waals surface area contributed by atoms with Crippen LogP contribution >= 0.6 is 0 Å². The molecule has 2 aliphatic carbocycles. The van der Waals surface area contributed by atoms with E-state index in [1.807, 2.05) is 13.8 Å². The van der Waals surface area contributed by atoms with E-state index in [0.717, 1.165) is 0 Å². The van der Waals surface area contributed by atoms with Gasteiger partial charge >= 0.3 is 0 Å². The zero-order chi connectivity index (χ0) is 17.3. The number of ketones is 2. The first kappa shape index (κ1) is 15.2. The highest BCUT2D eigenvalue weighted by Gasteiger charge is 2.77. The first-order valence-electron chi connectivity index (χ1n) is 8.04. The SMILES string of the molecule is CC1(C)[C@@]2(C(=O)Nc3ccc4c(c3)OCO4)CC[C@@]1(C)C(=O)C2=O. The lowest BCUT2D eigenvalue weighted by atomic mass is 9.64. The van der Waals surface area contributed by atoms with Crippen molar-refractivity contribution >= 4 is 23.2 Å². The average molecular weight is 329 g/mol. The van der Waals surface area contributed by atoms with Crippen molar-refractivity contribution < 1.29 is 23.9 Å². The summed E-state index contributed by atoms with van der Waals surface area (Å²) in [6.07, 6.45) is 0.955. The summed E-state index contributed by atoms with van der Waals surface area (Å²) in [5, 5.41) is 2.81. The van der Waals surface area contributed by atoms with E-state index in [2.05, 4.69) is 5.32 Å². The fraction of sp³-hybridized carbons (Fsp3) is 0.500. The highest BCUT2D eigenvalue weighted by Crippen LogP contribution is 2.69. The van der Waals surface area contributed by atoms with Gasteiger partial charge in [0.25, 0.3) is 0 Å². The Morgan fingerprint density at radius 2 is 1.75 bits per heavy atom. The second kappa shape index (κ2) is 4.37. The van der Waals surface area contributed by atoms with Crippen LogP contribution in [-0.2, 0) is 14.4 Å². The third-order valence-corrected chi connectivity index (χ3v) is 6.56. The Morgan fingerprint density at radius 1 is 1.04 bits per heavy atom. The van der Waals surface area contributed by atoms with E-state index in [1.54, 1.807) is 25.1 Å². The van der Waals surface area contributed by atoms with Crippen LogP contribution in [0.3, 0.4) is 0 Å². The van der Waals surface area contributed by atoms with Gasteiger partial charge in [-0.3, -0.25) is 14.4 Å². The van der Waals surface area contributed by atoms with Gasteiger partial charge in [-0.05, 0) is 30.4 Å². The molecule has 0 radical (unpaired) electrons. The molecule has 2 atom stereocenters. The molecule has 126 valence electrons. The Hall–Kier alpha value is -2.37. The summed E-state index contributed by atoms with van der Waals surface area (Å²) in [5.41, 5.74) is -2.25. The quantitative estimate of drug-likeness (QED) is 0.665. The lowest BCUT2D eigenvalue weighted by Crippen LogP contribution is -2.47. The number of benzene rings is 1. The van der Waals surface area contributed by atoms with Gasteiger partial charge in [0, 0.05) is 17.2 Å². The molecule has 1 N–H and O–H groups in total. The zero-order valence-corrected chi connectivity index (χ0v) is 13.9. The van der Waals surface area contributed by atoms with Crippen LogP contribution in [-0.4, -0.2) is 24.3 Å². The number of Topliss-reactive ketones (excluding diaryl/α,β-unsaturated/α-hetero) is 2. The third kappa shape index (κ3) is 1.49. The predicted molar refractivity (Wildman–Crippen MR) is 84.8 cm³/mol. The van der Waals surface area contributed by atoms with Crippen molar-refractivity contribution in [2.75, 3.05) is 12.1 Å². The molecule has 2 bridgehead atoms. The molecule has 1 aliphatic heterocycles. The maximum Gasteiger partial charge on any atom is 0.239 e. The van der Waals surface area contributed by atoms with Gasteiger partial charge in [-0.2, -0.15) is 0 Å². The minimum absolute atomic E-state index is 0.148. The molecule has 6 nitrogen and oxygen atoms in total. The molecule has 6 heteroatoms. The first-order chi connectivity index (χ1) is 11.2. The second-order valence-corrected chi connectivity index (χ2v) is 7.54. The summed E-state index contributed by atoms with van der Waals surface area (Å²) in [5.74, 6) is -0.216. The fourth-order valence-electron chi connectivity index (χ4n) is 4.49. The molecule has 2 saturated carbocycles. The summed E-state index contributed by atoms with van der Waals surface area (Å²) in [6.45, 7) is 5.65. The smallest absolute Gasteiger partial charge is 0.239 e. The predicted octanol–water partition coefficient (Wildman–Crippen LogP) is 2.32. The standard InChI is InChI=1S/C18H19NO5/c1-16(2)17(3)6-7-18(16,14(21)13(17)20)15(22)19-10-4-5-11-12(8-10)24-9-23-11/h4-5,8H,6-7,9H2,1-3H3,(H,19,22)/t17-,18-/m0/s1. The number of carbonyl (C=O) groups excluding carboxylic acids is 3. The Balaban J connectivity index is 1.69. The molecule has 2 fully saturated rings. The minimum Gasteiger partial charge on any atom is -0.454 e. The van der Waals surface area contributed by atoms with E-state index >= 15 is 0 Å². The van der Waals surface area contributed by atoms with E-state index in [9.17, 15) is 14.4 Å². The molecule has 4 rings (SSSR count). The number of amides is 1. The lowest BCUT2D eigenvalue weighted by Gasteiger charge is -2.37. The van der Waals surface area contributed by atoms with Crippen LogP contribution in [0.5, 0.6) is 11.5 Å². The minimum atomic E-state index is -1.30. The van der Waals surface area contributed by atoms with E-state index in [-0.39, 0.29) is 6.79 Å². The monoisotopic (exact) mass is 329 g/mol. The molecule has 0 unspecified atom stereocenters. The summed E-state index contributed by atoms with van der Waals surface area (Å²) in [4.78, 5) is 38.2. The zero-order valence-electron chi connectivity index (χ0n) is 13.9. The number of rotatable bonds is 2. The van der Waals surface area contributed by atoms with Crippen LogP contribution < -0.4 is 14.8 Å². The molecule has 3 aliphatic rings. The van der Waals surface area contributed by atoms with Crippen molar-refractivity contribution in [2.24, 2.45) is 16.2 Å². The lowest BCUT2D eigenvalue weighted by molar-refractivity contribution is -0.147. The molecule has 0 aromatic heterocycles. The average Bonchev–Trinajstić information content (AvgIpc) is 3.10. The van der Waals surface area contributed by atoms with Crippen molar-refractivity contribution in [1.82, 2.24) is 0 Å². The van der Waals surface area contributed by atoms with Crippen LogP contribution in [0.1, 0.15) is 33.6 Å². The number of fused-ring (bicyclic) bond motifs is 3. The maximum absolute atomic E-state index is 13.1. The van der Waals surface area contributed by atoms with E-state index in [4.69, 9.17) is 9.47 Å². The van der Waals surface area contributed by atoms with Crippen molar-refractivity contribution in [3.05, 3.63) is 18.2 Å². The molecule has 1 aromatic rings. The van der Waals surface area contributed by atoms with Gasteiger partial charge in [0.2, 0.25) is 24.3 Å². The maximum atomic E-state index is 13.1. The summed E-state index contributed by atoms with van der Waals surface area (Å²) >= 11 is 0. The largest absolute Gasteiger partial charge is 0.454 e. The number of ether oxygens (including phenoxy) is 2. The summed E-state index contributed by atoms with van der Waals surface area (Å²) < 4.78 is 10.6. The molecular formula is C18H19NO5. The number of hydrogen-bond donors (Lipinski definition) is 1. The number of carbonyl (C=O) groups is 3. The van der Waals surface area contributed by atoms with Crippen molar-refractivity contribution in [3.63, 3.8) is 0 Å². The molecule has 1 amide bonds. The summed E-state index contributed by atoms with van der Waals surface area (Å²) in [6, 6.07) is 5.07. The van der Waals surface area contributed by atoms with Crippen molar-refractivity contribution in [1.29, 1.82) is 0 Å². The van der Waals surface area contributed by atoms with Crippen LogP contribution in [0.15, 0.2) is 18.2 Å². The van der Waals surface area contributed by atoms with Gasteiger partial charge < -0.3 is 14.8 Å². The van der Waals surface area contributed by atoms with Gasteiger partial charge in [-0.15, -0.1) is 0 Å². The highest BCUT2D eigenvalue weighted by atomic mass is 16.7. The number of nitrogens with one attached hydrogen (secondary N) is 1. The fourth-order valence-corrected chi connectivity index (χ4v) is 4.49. The molecule has 1 aromatic carbocycles. The van der Waals surface area contributed by atoms with Crippen LogP contribution in [0.2, 0.25) is 0 Å². The Labute approximate surface area is 139 Å². The Bertz CT molecular complexity index is 799.